The Hall–Kier alpha value is -0.570. The second-order valence-electron chi connectivity index (χ2n) is 4.45. The van der Waals surface area contributed by atoms with Gasteiger partial charge in [0.2, 0.25) is 0 Å². The van der Waals surface area contributed by atoms with E-state index in [9.17, 15) is 0 Å². The van der Waals surface area contributed by atoms with E-state index in [1.54, 1.807) is 0 Å². The molecule has 1 aromatic heterocycles. The maximum Gasteiger partial charge on any atom is 0.137 e. The van der Waals surface area contributed by atoms with Crippen molar-refractivity contribution >= 4 is 21.7 Å². The lowest BCUT2D eigenvalue weighted by atomic mass is 9.89. The van der Waals surface area contributed by atoms with Crippen LogP contribution in [0.3, 0.4) is 0 Å². The van der Waals surface area contributed by atoms with Gasteiger partial charge in [0.05, 0.1) is 4.47 Å². The summed E-state index contributed by atoms with van der Waals surface area (Å²) in [5, 5.41) is 0. The van der Waals surface area contributed by atoms with Gasteiger partial charge in [-0.05, 0) is 39.4 Å². The number of nitrogens with zero attached hydrogens (tertiary/aromatic N) is 1. The second-order valence-corrected chi connectivity index (χ2v) is 5.30. The Morgan fingerprint density at radius 1 is 1.46 bits per heavy atom. The molecule has 0 aliphatic rings. The van der Waals surface area contributed by atoms with Crippen molar-refractivity contribution in [2.45, 2.75) is 27.2 Å². The minimum absolute atomic E-state index is 0.289. The van der Waals surface area contributed by atoms with Crippen LogP contribution in [0.2, 0.25) is 0 Å². The van der Waals surface area contributed by atoms with Crippen LogP contribution in [0, 0.1) is 5.41 Å². The highest BCUT2D eigenvalue weighted by Crippen LogP contribution is 2.24. The van der Waals surface area contributed by atoms with Gasteiger partial charge in [-0.25, -0.2) is 4.98 Å². The fourth-order valence-electron chi connectivity index (χ4n) is 1.20. The third kappa shape index (κ3) is 3.35. The molecule has 1 aromatic rings. The molecule has 1 heterocycles. The van der Waals surface area contributed by atoms with Crippen LogP contribution in [0.25, 0.3) is 0 Å². The number of halogens is 1. The van der Waals surface area contributed by atoms with E-state index in [0.717, 1.165) is 10.9 Å². The Labute approximate surface area is 87.7 Å². The van der Waals surface area contributed by atoms with Gasteiger partial charge in [0.15, 0.2) is 0 Å². The summed E-state index contributed by atoms with van der Waals surface area (Å²) < 4.78 is 0.884. The molecule has 0 fully saturated rings. The molecule has 2 nitrogen and oxygen atoms in total. The van der Waals surface area contributed by atoms with Crippen LogP contribution in [0.5, 0.6) is 0 Å². The van der Waals surface area contributed by atoms with Crippen molar-refractivity contribution in [2.75, 3.05) is 5.73 Å². The van der Waals surface area contributed by atoms with Crippen LogP contribution in [-0.4, -0.2) is 4.98 Å². The zero-order valence-corrected chi connectivity index (χ0v) is 9.85. The predicted octanol–water partition coefficient (Wildman–Crippen LogP) is 3.01. The number of hydrogen-bond donors (Lipinski definition) is 1. The first-order valence-electron chi connectivity index (χ1n) is 4.28. The number of nitrogens with two attached hydrogens (primary N) is 1. The lowest BCUT2D eigenvalue weighted by Crippen LogP contribution is -2.09. The molecule has 0 spiro atoms. The zero-order valence-electron chi connectivity index (χ0n) is 8.26. The summed E-state index contributed by atoms with van der Waals surface area (Å²) in [6.07, 6.45) is 2.85. The van der Waals surface area contributed by atoms with E-state index in [-0.39, 0.29) is 5.41 Å². The Morgan fingerprint density at radius 2 is 2.08 bits per heavy atom. The Kier molecular flexibility index (Phi) is 2.96. The van der Waals surface area contributed by atoms with Gasteiger partial charge < -0.3 is 5.73 Å². The van der Waals surface area contributed by atoms with E-state index in [2.05, 4.69) is 41.7 Å². The number of hydrogen-bond acceptors (Lipinski definition) is 2. The molecule has 0 aliphatic heterocycles. The van der Waals surface area contributed by atoms with Crippen molar-refractivity contribution in [2.24, 2.45) is 5.41 Å². The standard InChI is InChI=1S/C10H15BrN2/c1-10(2,3)5-7-4-8(11)9(12)13-6-7/h4,6H,5H2,1-3H3,(H2,12,13). The first-order chi connectivity index (χ1) is 5.88. The quantitative estimate of drug-likeness (QED) is 0.823. The number of anilines is 1. The molecule has 1 rings (SSSR count). The number of pyridine rings is 1. The molecule has 0 radical (unpaired) electrons. The van der Waals surface area contributed by atoms with Crippen molar-refractivity contribution in [1.29, 1.82) is 0 Å². The molecule has 0 aliphatic carbocycles. The zero-order chi connectivity index (χ0) is 10.1. The van der Waals surface area contributed by atoms with Gasteiger partial charge in [0.25, 0.3) is 0 Å². The first-order valence-corrected chi connectivity index (χ1v) is 5.08. The summed E-state index contributed by atoms with van der Waals surface area (Å²) in [7, 11) is 0. The van der Waals surface area contributed by atoms with Crippen LogP contribution < -0.4 is 5.73 Å². The molecule has 13 heavy (non-hydrogen) atoms. The normalized spacial score (nSPS) is 11.7. The highest BCUT2D eigenvalue weighted by Gasteiger charge is 2.12. The van der Waals surface area contributed by atoms with Crippen LogP contribution in [0.4, 0.5) is 5.82 Å². The largest absolute Gasteiger partial charge is 0.383 e. The summed E-state index contributed by atoms with van der Waals surface area (Å²) in [5.41, 5.74) is 7.10. The van der Waals surface area contributed by atoms with Crippen LogP contribution in [0.1, 0.15) is 26.3 Å². The van der Waals surface area contributed by atoms with Gasteiger partial charge in [-0.2, -0.15) is 0 Å². The van der Waals surface area contributed by atoms with Gasteiger partial charge in [0.1, 0.15) is 5.82 Å². The van der Waals surface area contributed by atoms with Crippen molar-refractivity contribution in [1.82, 2.24) is 4.98 Å². The molecule has 0 bridgehead atoms. The Balaban J connectivity index is 2.86. The predicted molar refractivity (Wildman–Crippen MR) is 59.5 cm³/mol. The molecule has 0 aromatic carbocycles. The lowest BCUT2D eigenvalue weighted by Gasteiger charge is -2.17. The molecule has 0 saturated heterocycles. The monoisotopic (exact) mass is 242 g/mol. The fourth-order valence-corrected chi connectivity index (χ4v) is 1.59. The van der Waals surface area contributed by atoms with Crippen molar-refractivity contribution in [3.63, 3.8) is 0 Å². The van der Waals surface area contributed by atoms with Gasteiger partial charge >= 0.3 is 0 Å². The van der Waals surface area contributed by atoms with Crippen LogP contribution in [0.15, 0.2) is 16.7 Å². The van der Waals surface area contributed by atoms with E-state index < -0.39 is 0 Å². The molecule has 0 amide bonds. The summed E-state index contributed by atoms with van der Waals surface area (Å²) in [6.45, 7) is 6.62. The summed E-state index contributed by atoms with van der Waals surface area (Å²) in [5.74, 6) is 0.553. The molecule has 3 heteroatoms. The molecule has 0 atom stereocenters. The number of aromatic nitrogens is 1. The maximum absolute atomic E-state index is 5.59. The molecule has 2 N–H and O–H groups in total. The minimum Gasteiger partial charge on any atom is -0.383 e. The maximum atomic E-state index is 5.59. The first kappa shape index (κ1) is 10.5. The lowest BCUT2D eigenvalue weighted by molar-refractivity contribution is 0.410. The third-order valence-corrected chi connectivity index (χ3v) is 2.30. The average Bonchev–Trinajstić information content (AvgIpc) is 1.94. The van der Waals surface area contributed by atoms with Gasteiger partial charge in [-0.15, -0.1) is 0 Å². The van der Waals surface area contributed by atoms with E-state index in [1.807, 2.05) is 12.3 Å². The molecule has 0 saturated carbocycles. The Morgan fingerprint density at radius 3 is 2.54 bits per heavy atom. The minimum atomic E-state index is 0.289. The Bertz CT molecular complexity index is 302. The fraction of sp³-hybridized carbons (Fsp3) is 0.500. The van der Waals surface area contributed by atoms with E-state index >= 15 is 0 Å². The highest BCUT2D eigenvalue weighted by molar-refractivity contribution is 9.10. The average molecular weight is 243 g/mol. The van der Waals surface area contributed by atoms with Gasteiger partial charge in [-0.3, -0.25) is 0 Å². The molecular weight excluding hydrogens is 228 g/mol. The van der Waals surface area contributed by atoms with Crippen molar-refractivity contribution in [3.8, 4) is 0 Å². The molecular formula is C10H15BrN2. The topological polar surface area (TPSA) is 38.9 Å². The van der Waals surface area contributed by atoms with Crippen LogP contribution >= 0.6 is 15.9 Å². The van der Waals surface area contributed by atoms with E-state index in [0.29, 0.717) is 5.82 Å². The summed E-state index contributed by atoms with van der Waals surface area (Å²) >= 11 is 3.37. The van der Waals surface area contributed by atoms with E-state index in [4.69, 9.17) is 5.73 Å². The third-order valence-electron chi connectivity index (χ3n) is 1.66. The van der Waals surface area contributed by atoms with Crippen molar-refractivity contribution in [3.05, 3.63) is 22.3 Å². The number of rotatable bonds is 1. The molecule has 72 valence electrons. The van der Waals surface area contributed by atoms with E-state index in [1.165, 1.54) is 5.56 Å². The smallest absolute Gasteiger partial charge is 0.137 e. The SMILES string of the molecule is CC(C)(C)Cc1cnc(N)c(Br)c1. The summed E-state index contributed by atoms with van der Waals surface area (Å²) in [6, 6.07) is 2.04. The number of nitrogen functional groups attached to an aromatic ring is 1. The van der Waals surface area contributed by atoms with Crippen LogP contribution in [-0.2, 0) is 6.42 Å². The molecule has 0 unspecified atom stereocenters. The van der Waals surface area contributed by atoms with Gasteiger partial charge in [0, 0.05) is 6.20 Å². The van der Waals surface area contributed by atoms with Gasteiger partial charge in [-0.1, -0.05) is 20.8 Å². The summed E-state index contributed by atoms with van der Waals surface area (Å²) in [4.78, 5) is 4.09. The van der Waals surface area contributed by atoms with Crippen molar-refractivity contribution < 1.29 is 0 Å². The second kappa shape index (κ2) is 3.66. The highest BCUT2D eigenvalue weighted by atomic mass is 79.9.